The summed E-state index contributed by atoms with van der Waals surface area (Å²) in [5, 5.41) is 10.8. The quantitative estimate of drug-likeness (QED) is 0.325. The largest absolute Gasteiger partial charge is 0.357 e. The van der Waals surface area contributed by atoms with Crippen LogP contribution < -0.4 is 10.6 Å². The highest BCUT2D eigenvalue weighted by atomic mass is 127. The van der Waals surface area contributed by atoms with Crippen molar-refractivity contribution in [2.24, 2.45) is 10.9 Å². The number of hydrogen-bond donors (Lipinski definition) is 2. The molecular formula is C20H29IN4OS2. The fourth-order valence-corrected chi connectivity index (χ4v) is 4.92. The summed E-state index contributed by atoms with van der Waals surface area (Å²) in [6.45, 7) is 7.58. The van der Waals surface area contributed by atoms with Crippen molar-refractivity contribution in [1.29, 1.82) is 0 Å². The molecule has 0 fully saturated rings. The van der Waals surface area contributed by atoms with Gasteiger partial charge in [0.25, 0.3) is 0 Å². The Morgan fingerprint density at radius 1 is 1.29 bits per heavy atom. The molecule has 28 heavy (non-hydrogen) atoms. The van der Waals surface area contributed by atoms with E-state index >= 15 is 0 Å². The van der Waals surface area contributed by atoms with Crippen LogP contribution in [0.3, 0.4) is 0 Å². The highest BCUT2D eigenvalue weighted by Crippen LogP contribution is 2.23. The summed E-state index contributed by atoms with van der Waals surface area (Å²) in [5.41, 5.74) is 1.29. The smallest absolute Gasteiger partial charge is 0.244 e. The summed E-state index contributed by atoms with van der Waals surface area (Å²) in [4.78, 5) is 21.8. The van der Waals surface area contributed by atoms with E-state index in [4.69, 9.17) is 0 Å². The number of amides is 1. The second-order valence-corrected chi connectivity index (χ2v) is 8.93. The maximum atomic E-state index is 12.6. The molecule has 1 amide bonds. The van der Waals surface area contributed by atoms with Gasteiger partial charge in [-0.15, -0.1) is 46.7 Å². The molecule has 0 spiro atoms. The van der Waals surface area contributed by atoms with E-state index in [2.05, 4.69) is 51.5 Å². The van der Waals surface area contributed by atoms with Crippen LogP contribution in [-0.2, 0) is 24.2 Å². The standard InChI is InChI=1S/C20H28N4OS2.HI/c1-3-21-20(22-12-15(2)11-17-5-4-9-26-17)23-13-19(25)24-8-6-18-16(14-24)7-10-27-18;/h4-5,7,9-10,15H,3,6,8,11-14H2,1-2H3,(H2,21,22,23);1H. The Balaban J connectivity index is 0.00000280. The molecule has 2 aromatic heterocycles. The third-order valence-electron chi connectivity index (χ3n) is 4.62. The second kappa shape index (κ2) is 11.8. The molecule has 0 aliphatic carbocycles. The Morgan fingerprint density at radius 3 is 2.89 bits per heavy atom. The van der Waals surface area contributed by atoms with Gasteiger partial charge in [0.1, 0.15) is 6.54 Å². The molecule has 0 saturated heterocycles. The molecule has 1 aliphatic heterocycles. The van der Waals surface area contributed by atoms with Crippen molar-refractivity contribution in [3.63, 3.8) is 0 Å². The lowest BCUT2D eigenvalue weighted by Gasteiger charge is -2.26. The zero-order valence-electron chi connectivity index (χ0n) is 16.4. The molecule has 2 N–H and O–H groups in total. The first-order valence-corrected chi connectivity index (χ1v) is 11.3. The zero-order valence-corrected chi connectivity index (χ0v) is 20.4. The molecule has 0 bridgehead atoms. The van der Waals surface area contributed by atoms with Gasteiger partial charge >= 0.3 is 0 Å². The summed E-state index contributed by atoms with van der Waals surface area (Å²) < 4.78 is 0. The molecule has 1 atom stereocenters. The monoisotopic (exact) mass is 532 g/mol. The number of carbonyl (C=O) groups excluding carboxylic acids is 1. The molecule has 1 aliphatic rings. The fourth-order valence-electron chi connectivity index (χ4n) is 3.17. The minimum Gasteiger partial charge on any atom is -0.357 e. The third-order valence-corrected chi connectivity index (χ3v) is 6.55. The predicted octanol–water partition coefficient (Wildman–Crippen LogP) is 3.75. The third kappa shape index (κ3) is 6.73. The number of nitrogens with zero attached hydrogens (tertiary/aromatic N) is 2. The molecular weight excluding hydrogens is 503 g/mol. The first-order valence-electron chi connectivity index (χ1n) is 9.53. The van der Waals surface area contributed by atoms with E-state index < -0.39 is 0 Å². The average molecular weight is 533 g/mol. The summed E-state index contributed by atoms with van der Waals surface area (Å²) in [7, 11) is 0. The van der Waals surface area contributed by atoms with Crippen molar-refractivity contribution in [1.82, 2.24) is 15.5 Å². The van der Waals surface area contributed by atoms with Gasteiger partial charge in [-0.1, -0.05) is 13.0 Å². The molecule has 0 radical (unpaired) electrons. The molecule has 3 rings (SSSR count). The van der Waals surface area contributed by atoms with Crippen molar-refractivity contribution >= 4 is 58.5 Å². The van der Waals surface area contributed by atoms with Gasteiger partial charge in [-0.05, 0) is 54.1 Å². The van der Waals surface area contributed by atoms with Gasteiger partial charge in [-0.2, -0.15) is 0 Å². The number of nitrogens with one attached hydrogen (secondary N) is 2. The number of aliphatic imine (C=N–C) groups is 1. The van der Waals surface area contributed by atoms with E-state index in [0.717, 1.165) is 45.0 Å². The molecule has 0 aromatic carbocycles. The Hall–Kier alpha value is -1.13. The molecule has 1 unspecified atom stereocenters. The highest BCUT2D eigenvalue weighted by molar-refractivity contribution is 14.0. The Morgan fingerprint density at radius 2 is 2.14 bits per heavy atom. The van der Waals surface area contributed by atoms with E-state index in [1.807, 2.05) is 11.8 Å². The van der Waals surface area contributed by atoms with Gasteiger partial charge in [0.2, 0.25) is 5.91 Å². The number of halogens is 1. The van der Waals surface area contributed by atoms with Crippen LogP contribution in [0.2, 0.25) is 0 Å². The number of rotatable bonds is 7. The first-order chi connectivity index (χ1) is 13.2. The predicted molar refractivity (Wildman–Crippen MR) is 130 cm³/mol. The van der Waals surface area contributed by atoms with Crippen LogP contribution in [0.25, 0.3) is 0 Å². The summed E-state index contributed by atoms with van der Waals surface area (Å²) in [5.74, 6) is 1.31. The molecule has 154 valence electrons. The lowest BCUT2D eigenvalue weighted by atomic mass is 10.1. The fraction of sp³-hybridized carbons (Fsp3) is 0.500. The van der Waals surface area contributed by atoms with E-state index in [-0.39, 0.29) is 36.4 Å². The van der Waals surface area contributed by atoms with Crippen molar-refractivity contribution in [2.45, 2.75) is 33.2 Å². The van der Waals surface area contributed by atoms with Crippen LogP contribution in [0.4, 0.5) is 0 Å². The Kier molecular flexibility index (Phi) is 9.73. The van der Waals surface area contributed by atoms with Gasteiger partial charge in [0.15, 0.2) is 5.96 Å². The topological polar surface area (TPSA) is 56.7 Å². The number of thiophene rings is 2. The second-order valence-electron chi connectivity index (χ2n) is 6.90. The Labute approximate surface area is 192 Å². The number of fused-ring (bicyclic) bond motifs is 1. The van der Waals surface area contributed by atoms with E-state index in [1.54, 1.807) is 22.7 Å². The number of carbonyl (C=O) groups is 1. The van der Waals surface area contributed by atoms with Crippen LogP contribution >= 0.6 is 46.7 Å². The summed E-state index contributed by atoms with van der Waals surface area (Å²) in [6, 6.07) is 6.40. The summed E-state index contributed by atoms with van der Waals surface area (Å²) >= 11 is 3.59. The van der Waals surface area contributed by atoms with Gasteiger partial charge in [0.05, 0.1) is 0 Å². The number of hydrogen-bond acceptors (Lipinski definition) is 4. The van der Waals surface area contributed by atoms with Crippen LogP contribution in [0.1, 0.15) is 29.2 Å². The minimum absolute atomic E-state index is 0. The minimum atomic E-state index is 0. The van der Waals surface area contributed by atoms with Gasteiger partial charge in [-0.3, -0.25) is 4.79 Å². The molecule has 3 heterocycles. The first kappa shape index (κ1) is 23.2. The van der Waals surface area contributed by atoms with Crippen molar-refractivity contribution < 1.29 is 4.79 Å². The van der Waals surface area contributed by atoms with Crippen LogP contribution in [-0.4, -0.2) is 42.9 Å². The van der Waals surface area contributed by atoms with Crippen molar-refractivity contribution in [3.8, 4) is 0 Å². The van der Waals surface area contributed by atoms with E-state index in [0.29, 0.717) is 5.92 Å². The maximum Gasteiger partial charge on any atom is 0.244 e. The lowest BCUT2D eigenvalue weighted by Crippen LogP contribution is -2.41. The SMILES string of the molecule is CCNC(=NCC(=O)N1CCc2sccc2C1)NCC(C)Cc1cccs1.I. The summed E-state index contributed by atoms with van der Waals surface area (Å²) in [6.07, 6.45) is 2.01. The molecule has 0 saturated carbocycles. The van der Waals surface area contributed by atoms with Gasteiger partial charge in [0, 0.05) is 35.9 Å². The Bertz CT molecular complexity index is 760. The molecule has 5 nitrogen and oxygen atoms in total. The molecule has 2 aromatic rings. The van der Waals surface area contributed by atoms with Crippen molar-refractivity contribution in [3.05, 3.63) is 44.3 Å². The average Bonchev–Trinajstić information content (AvgIpc) is 3.34. The van der Waals surface area contributed by atoms with Crippen LogP contribution in [0, 0.1) is 5.92 Å². The lowest BCUT2D eigenvalue weighted by molar-refractivity contribution is -0.130. The molecule has 8 heteroatoms. The van der Waals surface area contributed by atoms with Gasteiger partial charge < -0.3 is 15.5 Å². The van der Waals surface area contributed by atoms with E-state index in [9.17, 15) is 4.79 Å². The van der Waals surface area contributed by atoms with E-state index in [1.165, 1.54) is 15.3 Å². The maximum absolute atomic E-state index is 12.6. The van der Waals surface area contributed by atoms with Crippen LogP contribution in [0.15, 0.2) is 34.0 Å². The zero-order chi connectivity index (χ0) is 19.1. The van der Waals surface area contributed by atoms with Gasteiger partial charge in [-0.25, -0.2) is 4.99 Å². The normalized spacial score (nSPS) is 14.8. The number of guanidine groups is 1. The van der Waals surface area contributed by atoms with Crippen molar-refractivity contribution in [2.75, 3.05) is 26.2 Å². The highest BCUT2D eigenvalue weighted by Gasteiger charge is 2.21. The van der Waals surface area contributed by atoms with Crippen LogP contribution in [0.5, 0.6) is 0 Å².